The van der Waals surface area contributed by atoms with Crippen molar-refractivity contribution in [3.05, 3.63) is 29.1 Å². The summed E-state index contributed by atoms with van der Waals surface area (Å²) in [4.78, 5) is 30.3. The van der Waals surface area contributed by atoms with Crippen LogP contribution in [0.15, 0.2) is 29.1 Å². The first kappa shape index (κ1) is 16.4. The molecule has 0 fully saturated rings. The van der Waals surface area contributed by atoms with E-state index in [0.29, 0.717) is 18.0 Å². The van der Waals surface area contributed by atoms with E-state index in [-0.39, 0.29) is 12.5 Å². The van der Waals surface area contributed by atoms with Gasteiger partial charge in [0.2, 0.25) is 0 Å². The fourth-order valence-corrected chi connectivity index (χ4v) is 3.10. The number of esters is 1. The first-order valence-electron chi connectivity index (χ1n) is 7.76. The standard InChI is InChI=1S/C17H18N2O4S/c1-3-6-22-17(21)11(2)19-14-7-12(13-9-24-10-18-13)4-5-15(14)23-8-16(19)20/h4-5,7,9-11H,3,6,8H2,1-2H3. The molecule has 0 spiro atoms. The molecule has 24 heavy (non-hydrogen) atoms. The Morgan fingerprint density at radius 1 is 1.50 bits per heavy atom. The first-order chi connectivity index (χ1) is 11.6. The lowest BCUT2D eigenvalue weighted by atomic mass is 10.1. The molecule has 1 amide bonds. The molecule has 2 heterocycles. The second-order valence-electron chi connectivity index (χ2n) is 5.45. The summed E-state index contributed by atoms with van der Waals surface area (Å²) in [5, 5.41) is 1.93. The number of amides is 1. The molecule has 0 saturated heterocycles. The third-order valence-corrected chi connectivity index (χ3v) is 4.33. The fraction of sp³-hybridized carbons (Fsp3) is 0.353. The molecule has 1 aromatic carbocycles. The van der Waals surface area contributed by atoms with Crippen molar-refractivity contribution in [1.29, 1.82) is 0 Å². The predicted octanol–water partition coefficient (Wildman–Crippen LogP) is 2.88. The predicted molar refractivity (Wildman–Crippen MR) is 91.2 cm³/mol. The number of fused-ring (bicyclic) bond motifs is 1. The Morgan fingerprint density at radius 3 is 3.04 bits per heavy atom. The Balaban J connectivity index is 1.95. The average molecular weight is 346 g/mol. The van der Waals surface area contributed by atoms with Crippen LogP contribution in [0.25, 0.3) is 11.3 Å². The van der Waals surface area contributed by atoms with Gasteiger partial charge in [0, 0.05) is 10.9 Å². The van der Waals surface area contributed by atoms with Crippen molar-refractivity contribution in [3.8, 4) is 17.0 Å². The topological polar surface area (TPSA) is 68.7 Å². The quantitative estimate of drug-likeness (QED) is 0.779. The molecule has 0 bridgehead atoms. The normalized spacial score (nSPS) is 14.8. The minimum atomic E-state index is -0.711. The van der Waals surface area contributed by atoms with Crippen LogP contribution in [0.3, 0.4) is 0 Å². The number of anilines is 1. The van der Waals surface area contributed by atoms with E-state index in [1.54, 1.807) is 18.5 Å². The van der Waals surface area contributed by atoms with Crippen LogP contribution in [0.1, 0.15) is 20.3 Å². The lowest BCUT2D eigenvalue weighted by Crippen LogP contribution is -2.48. The van der Waals surface area contributed by atoms with Crippen LogP contribution in [0.4, 0.5) is 5.69 Å². The van der Waals surface area contributed by atoms with Crippen LogP contribution in [-0.4, -0.2) is 36.1 Å². The molecule has 0 radical (unpaired) electrons. The minimum Gasteiger partial charge on any atom is -0.482 e. The number of benzene rings is 1. The lowest BCUT2D eigenvalue weighted by Gasteiger charge is -2.33. The van der Waals surface area contributed by atoms with Crippen molar-refractivity contribution >= 4 is 28.9 Å². The average Bonchev–Trinajstić information content (AvgIpc) is 3.13. The number of ether oxygens (including phenoxy) is 2. The van der Waals surface area contributed by atoms with Gasteiger partial charge in [-0.2, -0.15) is 0 Å². The Bertz CT molecular complexity index is 745. The minimum absolute atomic E-state index is 0.0888. The summed E-state index contributed by atoms with van der Waals surface area (Å²) in [5.41, 5.74) is 4.01. The van der Waals surface area contributed by atoms with E-state index in [1.165, 1.54) is 16.2 Å². The van der Waals surface area contributed by atoms with Crippen LogP contribution in [0, 0.1) is 0 Å². The molecule has 126 valence electrons. The van der Waals surface area contributed by atoms with Crippen LogP contribution in [-0.2, 0) is 14.3 Å². The van der Waals surface area contributed by atoms with Gasteiger partial charge < -0.3 is 9.47 Å². The van der Waals surface area contributed by atoms with E-state index < -0.39 is 12.0 Å². The number of hydrogen-bond donors (Lipinski definition) is 0. The molecule has 2 aromatic rings. The third kappa shape index (κ3) is 3.12. The fourth-order valence-electron chi connectivity index (χ4n) is 2.54. The Labute approximate surface area is 144 Å². The number of rotatable bonds is 5. The van der Waals surface area contributed by atoms with Crippen LogP contribution in [0.2, 0.25) is 0 Å². The van der Waals surface area contributed by atoms with Crippen molar-refractivity contribution in [2.45, 2.75) is 26.3 Å². The van der Waals surface area contributed by atoms with Crippen molar-refractivity contribution in [3.63, 3.8) is 0 Å². The maximum Gasteiger partial charge on any atom is 0.328 e. The van der Waals surface area contributed by atoms with E-state index in [0.717, 1.165) is 17.7 Å². The van der Waals surface area contributed by atoms with E-state index in [1.807, 2.05) is 24.4 Å². The number of nitrogens with zero attached hydrogens (tertiary/aromatic N) is 2. The Kier molecular flexibility index (Phi) is 4.80. The van der Waals surface area contributed by atoms with E-state index in [9.17, 15) is 9.59 Å². The number of carbonyl (C=O) groups is 2. The van der Waals surface area contributed by atoms with Gasteiger partial charge in [-0.3, -0.25) is 9.69 Å². The highest BCUT2D eigenvalue weighted by Gasteiger charge is 2.34. The summed E-state index contributed by atoms with van der Waals surface area (Å²) >= 11 is 1.50. The SMILES string of the molecule is CCCOC(=O)C(C)N1C(=O)COc2ccc(-c3cscn3)cc21. The van der Waals surface area contributed by atoms with Gasteiger partial charge in [0.25, 0.3) is 5.91 Å². The molecule has 1 aliphatic rings. The number of aromatic nitrogens is 1. The van der Waals surface area contributed by atoms with Crippen molar-refractivity contribution < 1.29 is 19.1 Å². The molecule has 1 atom stereocenters. The zero-order valence-electron chi connectivity index (χ0n) is 13.5. The Hall–Kier alpha value is -2.41. The first-order valence-corrected chi connectivity index (χ1v) is 8.70. The van der Waals surface area contributed by atoms with Gasteiger partial charge in [0.15, 0.2) is 6.61 Å². The number of hydrogen-bond acceptors (Lipinski definition) is 6. The van der Waals surface area contributed by atoms with Gasteiger partial charge in [0.1, 0.15) is 11.8 Å². The van der Waals surface area contributed by atoms with Crippen molar-refractivity contribution in [1.82, 2.24) is 4.98 Å². The van der Waals surface area contributed by atoms with Gasteiger partial charge in [0.05, 0.1) is 23.5 Å². The number of thiazole rings is 1. The van der Waals surface area contributed by atoms with Crippen LogP contribution < -0.4 is 9.64 Å². The van der Waals surface area contributed by atoms with Crippen molar-refractivity contribution in [2.75, 3.05) is 18.1 Å². The number of carbonyl (C=O) groups excluding carboxylic acids is 2. The largest absolute Gasteiger partial charge is 0.482 e. The van der Waals surface area contributed by atoms with Crippen molar-refractivity contribution in [2.24, 2.45) is 0 Å². The zero-order chi connectivity index (χ0) is 17.1. The lowest BCUT2D eigenvalue weighted by molar-refractivity contribution is -0.146. The summed E-state index contributed by atoms with van der Waals surface area (Å²) < 4.78 is 10.7. The smallest absolute Gasteiger partial charge is 0.328 e. The molecule has 0 N–H and O–H groups in total. The van der Waals surface area contributed by atoms with Gasteiger partial charge in [-0.15, -0.1) is 11.3 Å². The summed E-state index contributed by atoms with van der Waals surface area (Å²) in [6, 6.07) is 4.80. The van der Waals surface area contributed by atoms with Gasteiger partial charge >= 0.3 is 5.97 Å². The molecule has 1 unspecified atom stereocenters. The summed E-state index contributed by atoms with van der Waals surface area (Å²) in [6.45, 7) is 3.84. The van der Waals surface area contributed by atoms with E-state index in [2.05, 4.69) is 4.98 Å². The van der Waals surface area contributed by atoms with E-state index >= 15 is 0 Å². The Morgan fingerprint density at radius 2 is 2.33 bits per heavy atom. The molecular weight excluding hydrogens is 328 g/mol. The second-order valence-corrected chi connectivity index (χ2v) is 6.17. The van der Waals surface area contributed by atoms with Crippen LogP contribution >= 0.6 is 11.3 Å². The molecule has 6 nitrogen and oxygen atoms in total. The molecule has 1 aliphatic heterocycles. The zero-order valence-corrected chi connectivity index (χ0v) is 14.3. The third-order valence-electron chi connectivity index (χ3n) is 3.74. The molecule has 0 aliphatic carbocycles. The monoisotopic (exact) mass is 346 g/mol. The summed E-state index contributed by atoms with van der Waals surface area (Å²) in [7, 11) is 0. The second kappa shape index (κ2) is 7.00. The highest BCUT2D eigenvalue weighted by molar-refractivity contribution is 7.07. The maximum absolute atomic E-state index is 12.4. The summed E-state index contributed by atoms with van der Waals surface area (Å²) in [5.74, 6) is -0.111. The van der Waals surface area contributed by atoms with Gasteiger partial charge in [-0.25, -0.2) is 9.78 Å². The van der Waals surface area contributed by atoms with Gasteiger partial charge in [-0.1, -0.05) is 6.92 Å². The maximum atomic E-state index is 12.4. The molecule has 7 heteroatoms. The summed E-state index contributed by atoms with van der Waals surface area (Å²) in [6.07, 6.45) is 0.736. The highest BCUT2D eigenvalue weighted by atomic mass is 32.1. The molecular formula is C17H18N2O4S. The van der Waals surface area contributed by atoms with Gasteiger partial charge in [-0.05, 0) is 31.5 Å². The molecule has 0 saturated carbocycles. The molecule has 1 aromatic heterocycles. The highest BCUT2D eigenvalue weighted by Crippen LogP contribution is 2.37. The van der Waals surface area contributed by atoms with Crippen LogP contribution in [0.5, 0.6) is 5.75 Å². The molecule has 3 rings (SSSR count). The van der Waals surface area contributed by atoms with E-state index in [4.69, 9.17) is 9.47 Å².